The number of halogens is 1. The third-order valence-electron chi connectivity index (χ3n) is 2.75. The van der Waals surface area contributed by atoms with Crippen molar-refractivity contribution >= 4 is 11.0 Å². The Morgan fingerprint density at radius 3 is 2.73 bits per heavy atom. The van der Waals surface area contributed by atoms with Crippen molar-refractivity contribution in [1.29, 1.82) is 0 Å². The van der Waals surface area contributed by atoms with Crippen LogP contribution in [-0.4, -0.2) is 6.54 Å². The van der Waals surface area contributed by atoms with Gasteiger partial charge < -0.3 is 10.2 Å². The molecule has 0 fully saturated rings. The molecule has 3 heteroatoms. The second-order valence-corrected chi connectivity index (χ2v) is 3.67. The van der Waals surface area contributed by atoms with Gasteiger partial charge in [0.05, 0.1) is 0 Å². The summed E-state index contributed by atoms with van der Waals surface area (Å²) in [6.07, 6.45) is 0.323. The SMILES string of the molecule is CCC(F)(CN)c1cc2ccccc2o1. The Bertz CT molecular complexity index is 426. The van der Waals surface area contributed by atoms with E-state index in [0.29, 0.717) is 17.8 Å². The molecule has 1 unspecified atom stereocenters. The van der Waals surface area contributed by atoms with Gasteiger partial charge in [-0.15, -0.1) is 0 Å². The van der Waals surface area contributed by atoms with Gasteiger partial charge in [0, 0.05) is 11.9 Å². The zero-order valence-electron chi connectivity index (χ0n) is 8.66. The number of fused-ring (bicyclic) bond motifs is 1. The molecular weight excluding hydrogens is 193 g/mol. The summed E-state index contributed by atoms with van der Waals surface area (Å²) in [6.45, 7) is 1.71. The van der Waals surface area contributed by atoms with Gasteiger partial charge in [0.2, 0.25) is 0 Å². The lowest BCUT2D eigenvalue weighted by atomic mass is 10.00. The van der Waals surface area contributed by atoms with Crippen molar-refractivity contribution in [2.24, 2.45) is 5.73 Å². The highest BCUT2D eigenvalue weighted by Crippen LogP contribution is 2.32. The van der Waals surface area contributed by atoms with Gasteiger partial charge >= 0.3 is 0 Å². The average molecular weight is 207 g/mol. The predicted molar refractivity (Wildman–Crippen MR) is 58.3 cm³/mol. The fraction of sp³-hybridized carbons (Fsp3) is 0.333. The van der Waals surface area contributed by atoms with Crippen LogP contribution in [0.25, 0.3) is 11.0 Å². The van der Waals surface area contributed by atoms with Gasteiger partial charge in [-0.05, 0) is 18.6 Å². The van der Waals surface area contributed by atoms with E-state index < -0.39 is 5.67 Å². The van der Waals surface area contributed by atoms with Crippen LogP contribution in [0.15, 0.2) is 34.7 Å². The first-order valence-electron chi connectivity index (χ1n) is 5.07. The molecule has 1 atom stereocenters. The maximum absolute atomic E-state index is 14.2. The quantitative estimate of drug-likeness (QED) is 0.840. The third-order valence-corrected chi connectivity index (χ3v) is 2.75. The maximum Gasteiger partial charge on any atom is 0.180 e. The van der Waals surface area contributed by atoms with Gasteiger partial charge in [-0.2, -0.15) is 0 Å². The van der Waals surface area contributed by atoms with E-state index in [-0.39, 0.29) is 6.54 Å². The minimum absolute atomic E-state index is 0.0523. The molecule has 1 heterocycles. The first-order valence-corrected chi connectivity index (χ1v) is 5.07. The fourth-order valence-electron chi connectivity index (χ4n) is 1.62. The lowest BCUT2D eigenvalue weighted by Crippen LogP contribution is -2.28. The van der Waals surface area contributed by atoms with Gasteiger partial charge in [-0.3, -0.25) is 0 Å². The molecular formula is C12H14FNO. The molecule has 0 radical (unpaired) electrons. The average Bonchev–Trinajstić information content (AvgIpc) is 2.72. The molecule has 0 aliphatic rings. The fourth-order valence-corrected chi connectivity index (χ4v) is 1.62. The topological polar surface area (TPSA) is 39.2 Å². The van der Waals surface area contributed by atoms with E-state index >= 15 is 0 Å². The highest BCUT2D eigenvalue weighted by molar-refractivity contribution is 5.77. The number of hydrogen-bond acceptors (Lipinski definition) is 2. The van der Waals surface area contributed by atoms with Crippen LogP contribution in [0.2, 0.25) is 0 Å². The van der Waals surface area contributed by atoms with E-state index in [2.05, 4.69) is 0 Å². The third kappa shape index (κ3) is 1.63. The van der Waals surface area contributed by atoms with Gasteiger partial charge in [-0.25, -0.2) is 4.39 Å². The first-order chi connectivity index (χ1) is 7.19. The standard InChI is InChI=1S/C12H14FNO/c1-2-12(13,8-14)11-7-9-5-3-4-6-10(9)15-11/h3-7H,2,8,14H2,1H3. The summed E-state index contributed by atoms with van der Waals surface area (Å²) in [6, 6.07) is 9.21. The molecule has 15 heavy (non-hydrogen) atoms. The number of alkyl halides is 1. The van der Waals surface area contributed by atoms with Crippen molar-refractivity contribution in [2.75, 3.05) is 6.54 Å². The van der Waals surface area contributed by atoms with Crippen LogP contribution >= 0.6 is 0 Å². The zero-order chi connectivity index (χ0) is 10.9. The summed E-state index contributed by atoms with van der Waals surface area (Å²) in [7, 11) is 0. The summed E-state index contributed by atoms with van der Waals surface area (Å²) in [4.78, 5) is 0. The molecule has 0 aliphatic carbocycles. The number of para-hydroxylation sites is 1. The number of furan rings is 1. The molecule has 2 nitrogen and oxygen atoms in total. The lowest BCUT2D eigenvalue weighted by Gasteiger charge is -2.18. The largest absolute Gasteiger partial charge is 0.458 e. The Hall–Kier alpha value is -1.35. The number of hydrogen-bond donors (Lipinski definition) is 1. The van der Waals surface area contributed by atoms with Crippen molar-refractivity contribution < 1.29 is 8.81 Å². The molecule has 0 spiro atoms. The van der Waals surface area contributed by atoms with Crippen molar-refractivity contribution in [3.63, 3.8) is 0 Å². The molecule has 0 saturated carbocycles. The van der Waals surface area contributed by atoms with Gasteiger partial charge in [0.1, 0.15) is 11.3 Å². The van der Waals surface area contributed by atoms with Crippen LogP contribution in [0, 0.1) is 0 Å². The smallest absolute Gasteiger partial charge is 0.180 e. The van der Waals surface area contributed by atoms with Crippen molar-refractivity contribution in [3.8, 4) is 0 Å². The van der Waals surface area contributed by atoms with Gasteiger partial charge in [0.25, 0.3) is 0 Å². The van der Waals surface area contributed by atoms with E-state index in [1.165, 1.54) is 0 Å². The molecule has 0 amide bonds. The second-order valence-electron chi connectivity index (χ2n) is 3.67. The molecule has 1 aromatic heterocycles. The Kier molecular flexibility index (Phi) is 2.49. The number of benzene rings is 1. The molecule has 0 saturated heterocycles. The number of rotatable bonds is 3. The van der Waals surface area contributed by atoms with E-state index in [1.54, 1.807) is 13.0 Å². The van der Waals surface area contributed by atoms with Crippen molar-refractivity contribution in [3.05, 3.63) is 36.1 Å². The Balaban J connectivity index is 2.52. The maximum atomic E-state index is 14.2. The molecule has 0 bridgehead atoms. The summed E-state index contributed by atoms with van der Waals surface area (Å²) in [5.41, 5.74) is 4.60. The molecule has 2 aromatic rings. The van der Waals surface area contributed by atoms with E-state index in [4.69, 9.17) is 10.2 Å². The molecule has 80 valence electrons. The van der Waals surface area contributed by atoms with E-state index in [1.807, 2.05) is 24.3 Å². The normalized spacial score (nSPS) is 15.4. The van der Waals surface area contributed by atoms with E-state index in [0.717, 1.165) is 5.39 Å². The summed E-state index contributed by atoms with van der Waals surface area (Å²) < 4.78 is 19.7. The first kappa shape index (κ1) is 10.2. The Morgan fingerprint density at radius 2 is 2.13 bits per heavy atom. The minimum atomic E-state index is -1.54. The zero-order valence-corrected chi connectivity index (χ0v) is 8.66. The molecule has 1 aromatic carbocycles. The van der Waals surface area contributed by atoms with Crippen LogP contribution in [-0.2, 0) is 5.67 Å². The monoisotopic (exact) mass is 207 g/mol. The van der Waals surface area contributed by atoms with Crippen LogP contribution in [0.4, 0.5) is 4.39 Å². The number of nitrogens with two attached hydrogens (primary N) is 1. The summed E-state index contributed by atoms with van der Waals surface area (Å²) in [5, 5.41) is 0.913. The summed E-state index contributed by atoms with van der Waals surface area (Å²) in [5.74, 6) is 0.328. The van der Waals surface area contributed by atoms with E-state index in [9.17, 15) is 4.39 Å². The molecule has 2 rings (SSSR count). The van der Waals surface area contributed by atoms with Crippen LogP contribution in [0.3, 0.4) is 0 Å². The Morgan fingerprint density at radius 1 is 1.40 bits per heavy atom. The highest BCUT2D eigenvalue weighted by atomic mass is 19.1. The molecule has 2 N–H and O–H groups in total. The second kappa shape index (κ2) is 3.66. The minimum Gasteiger partial charge on any atom is -0.458 e. The van der Waals surface area contributed by atoms with Crippen LogP contribution in [0.1, 0.15) is 19.1 Å². The van der Waals surface area contributed by atoms with Crippen molar-refractivity contribution in [1.82, 2.24) is 0 Å². The lowest BCUT2D eigenvalue weighted by molar-refractivity contribution is 0.136. The van der Waals surface area contributed by atoms with Gasteiger partial charge in [0.15, 0.2) is 5.67 Å². The van der Waals surface area contributed by atoms with Crippen LogP contribution < -0.4 is 5.73 Å². The van der Waals surface area contributed by atoms with Gasteiger partial charge in [-0.1, -0.05) is 25.1 Å². The van der Waals surface area contributed by atoms with Crippen LogP contribution in [0.5, 0.6) is 0 Å². The van der Waals surface area contributed by atoms with Crippen molar-refractivity contribution in [2.45, 2.75) is 19.0 Å². The highest BCUT2D eigenvalue weighted by Gasteiger charge is 2.32. The Labute approximate surface area is 87.9 Å². The summed E-state index contributed by atoms with van der Waals surface area (Å²) >= 11 is 0. The predicted octanol–water partition coefficient (Wildman–Crippen LogP) is 2.97. The molecule has 0 aliphatic heterocycles.